The maximum atomic E-state index is 12.3. The molecule has 0 bridgehead atoms. The third kappa shape index (κ3) is 4.56. The van der Waals surface area contributed by atoms with Crippen molar-refractivity contribution in [2.24, 2.45) is 5.10 Å². The van der Waals surface area contributed by atoms with Crippen LogP contribution in [0.3, 0.4) is 0 Å². The molecule has 1 heterocycles. The minimum Gasteiger partial charge on any atom is -0.267 e. The number of hydrogen-bond donors (Lipinski definition) is 1. The molecule has 0 aliphatic carbocycles. The monoisotopic (exact) mass is 427 g/mol. The second kappa shape index (κ2) is 8.25. The van der Waals surface area contributed by atoms with Crippen LogP contribution in [0.2, 0.25) is 5.02 Å². The zero-order chi connectivity index (χ0) is 18.5. The molecular formula is C20H15BrClN3O. The quantitative estimate of drug-likeness (QED) is 0.456. The average molecular weight is 429 g/mol. The van der Waals surface area contributed by atoms with Crippen LogP contribution in [0.5, 0.6) is 0 Å². The summed E-state index contributed by atoms with van der Waals surface area (Å²) in [6, 6.07) is 18.6. The van der Waals surface area contributed by atoms with Crippen LogP contribution in [0, 0.1) is 6.92 Å². The van der Waals surface area contributed by atoms with Crippen molar-refractivity contribution in [3.63, 3.8) is 0 Å². The van der Waals surface area contributed by atoms with Gasteiger partial charge in [0.2, 0.25) is 0 Å². The first-order valence-corrected chi connectivity index (χ1v) is 9.02. The van der Waals surface area contributed by atoms with Crippen molar-refractivity contribution in [3.05, 3.63) is 87.0 Å². The summed E-state index contributed by atoms with van der Waals surface area (Å²) in [4.78, 5) is 16.8. The molecule has 0 aliphatic rings. The molecule has 4 nitrogen and oxygen atoms in total. The Hall–Kier alpha value is -2.50. The summed E-state index contributed by atoms with van der Waals surface area (Å²) >= 11 is 9.25. The highest BCUT2D eigenvalue weighted by Gasteiger charge is 2.10. The minimum absolute atomic E-state index is 0.303. The van der Waals surface area contributed by atoms with Gasteiger partial charge in [-0.1, -0.05) is 51.8 Å². The van der Waals surface area contributed by atoms with Gasteiger partial charge < -0.3 is 0 Å². The number of carbonyl (C=O) groups excluding carboxylic acids is 1. The maximum Gasteiger partial charge on any atom is 0.273 e. The lowest BCUT2D eigenvalue weighted by Gasteiger charge is -2.07. The number of carbonyl (C=O) groups is 1. The fourth-order valence-electron chi connectivity index (χ4n) is 2.36. The SMILES string of the molecule is Cc1nc(-c2ccc(Br)cc2)ccc1C(=O)N/N=C/c1ccc(Cl)cc1. The van der Waals surface area contributed by atoms with Gasteiger partial charge in [-0.2, -0.15) is 5.10 Å². The van der Waals surface area contributed by atoms with E-state index in [-0.39, 0.29) is 5.91 Å². The number of nitrogens with one attached hydrogen (secondary N) is 1. The molecule has 1 aromatic heterocycles. The van der Waals surface area contributed by atoms with E-state index in [0.29, 0.717) is 16.3 Å². The number of aromatic nitrogens is 1. The summed E-state index contributed by atoms with van der Waals surface area (Å²) in [6.07, 6.45) is 1.56. The molecule has 0 unspecified atom stereocenters. The summed E-state index contributed by atoms with van der Waals surface area (Å²) in [5.74, 6) is -0.303. The van der Waals surface area contributed by atoms with Crippen LogP contribution in [0.4, 0.5) is 0 Å². The predicted octanol–water partition coefficient (Wildman–Crippen LogP) is 5.24. The van der Waals surface area contributed by atoms with E-state index in [1.807, 2.05) is 42.5 Å². The van der Waals surface area contributed by atoms with Crippen LogP contribution in [0.15, 0.2) is 70.2 Å². The highest BCUT2D eigenvalue weighted by Crippen LogP contribution is 2.21. The van der Waals surface area contributed by atoms with Crippen molar-refractivity contribution in [2.45, 2.75) is 6.92 Å². The van der Waals surface area contributed by atoms with E-state index in [9.17, 15) is 4.79 Å². The van der Waals surface area contributed by atoms with Gasteiger partial charge in [-0.3, -0.25) is 9.78 Å². The summed E-state index contributed by atoms with van der Waals surface area (Å²) in [6.45, 7) is 1.81. The Balaban J connectivity index is 1.71. The summed E-state index contributed by atoms with van der Waals surface area (Å²) in [5.41, 5.74) is 6.30. The molecule has 26 heavy (non-hydrogen) atoms. The van der Waals surface area contributed by atoms with Gasteiger partial charge in [0.15, 0.2) is 0 Å². The van der Waals surface area contributed by atoms with Crippen LogP contribution in [-0.2, 0) is 0 Å². The molecular weight excluding hydrogens is 414 g/mol. The second-order valence-corrected chi connectivity index (χ2v) is 6.94. The fourth-order valence-corrected chi connectivity index (χ4v) is 2.75. The third-order valence-electron chi connectivity index (χ3n) is 3.72. The number of benzene rings is 2. The standard InChI is InChI=1S/C20H15BrClN3O/c1-13-18(10-11-19(24-13)15-4-6-16(21)7-5-15)20(26)25-23-12-14-2-8-17(22)9-3-14/h2-12H,1H3,(H,25,26)/b23-12+. The van der Waals surface area contributed by atoms with E-state index in [0.717, 1.165) is 21.3 Å². The Kier molecular flexibility index (Phi) is 5.81. The Labute approximate surface area is 165 Å². The number of hydrogen-bond acceptors (Lipinski definition) is 3. The minimum atomic E-state index is -0.303. The van der Waals surface area contributed by atoms with Gasteiger partial charge in [0.05, 0.1) is 23.2 Å². The molecule has 3 rings (SSSR count). The molecule has 6 heteroatoms. The van der Waals surface area contributed by atoms with E-state index in [4.69, 9.17) is 11.6 Å². The number of rotatable bonds is 4. The van der Waals surface area contributed by atoms with Crippen molar-refractivity contribution >= 4 is 39.7 Å². The lowest BCUT2D eigenvalue weighted by molar-refractivity contribution is 0.0954. The molecule has 3 aromatic rings. The van der Waals surface area contributed by atoms with Crippen molar-refractivity contribution in [3.8, 4) is 11.3 Å². The molecule has 0 spiro atoms. The highest BCUT2D eigenvalue weighted by molar-refractivity contribution is 9.10. The number of aryl methyl sites for hydroxylation is 1. The van der Waals surface area contributed by atoms with Crippen molar-refractivity contribution in [1.29, 1.82) is 0 Å². The largest absolute Gasteiger partial charge is 0.273 e. The first-order chi connectivity index (χ1) is 12.5. The summed E-state index contributed by atoms with van der Waals surface area (Å²) in [5, 5.41) is 4.63. The summed E-state index contributed by atoms with van der Waals surface area (Å²) < 4.78 is 1.01. The van der Waals surface area contributed by atoms with E-state index < -0.39 is 0 Å². The van der Waals surface area contributed by atoms with E-state index in [1.54, 1.807) is 31.3 Å². The topological polar surface area (TPSA) is 54.4 Å². The molecule has 0 saturated carbocycles. The van der Waals surface area contributed by atoms with Crippen molar-refractivity contribution < 1.29 is 4.79 Å². The molecule has 0 saturated heterocycles. The molecule has 1 amide bonds. The Morgan fingerprint density at radius 2 is 1.77 bits per heavy atom. The van der Waals surface area contributed by atoms with E-state index in [2.05, 4.69) is 31.4 Å². The zero-order valence-electron chi connectivity index (χ0n) is 13.9. The predicted molar refractivity (Wildman–Crippen MR) is 109 cm³/mol. The van der Waals surface area contributed by atoms with Crippen LogP contribution < -0.4 is 5.43 Å². The Morgan fingerprint density at radius 1 is 1.08 bits per heavy atom. The zero-order valence-corrected chi connectivity index (χ0v) is 16.3. The van der Waals surface area contributed by atoms with Gasteiger partial charge in [-0.25, -0.2) is 5.43 Å². The maximum absolute atomic E-state index is 12.3. The van der Waals surface area contributed by atoms with Gasteiger partial charge in [0.25, 0.3) is 5.91 Å². The fraction of sp³-hybridized carbons (Fsp3) is 0.0500. The van der Waals surface area contributed by atoms with E-state index >= 15 is 0 Å². The lowest BCUT2D eigenvalue weighted by Crippen LogP contribution is -2.19. The Morgan fingerprint density at radius 3 is 2.42 bits per heavy atom. The first kappa shape index (κ1) is 18.3. The van der Waals surface area contributed by atoms with Gasteiger partial charge in [0.1, 0.15) is 0 Å². The van der Waals surface area contributed by atoms with E-state index in [1.165, 1.54) is 0 Å². The third-order valence-corrected chi connectivity index (χ3v) is 4.50. The summed E-state index contributed by atoms with van der Waals surface area (Å²) in [7, 11) is 0. The molecule has 130 valence electrons. The smallest absolute Gasteiger partial charge is 0.267 e. The van der Waals surface area contributed by atoms with Crippen LogP contribution in [-0.4, -0.2) is 17.1 Å². The number of nitrogens with zero attached hydrogens (tertiary/aromatic N) is 2. The van der Waals surface area contributed by atoms with Gasteiger partial charge in [-0.05, 0) is 48.9 Å². The van der Waals surface area contributed by atoms with Crippen molar-refractivity contribution in [2.75, 3.05) is 0 Å². The second-order valence-electron chi connectivity index (χ2n) is 5.59. The molecule has 1 N–H and O–H groups in total. The first-order valence-electron chi connectivity index (χ1n) is 7.85. The van der Waals surface area contributed by atoms with Crippen molar-refractivity contribution in [1.82, 2.24) is 10.4 Å². The number of pyridine rings is 1. The number of hydrazone groups is 1. The molecule has 0 fully saturated rings. The van der Waals surface area contributed by atoms with Crippen LogP contribution >= 0.6 is 27.5 Å². The molecule has 0 aliphatic heterocycles. The number of amides is 1. The lowest BCUT2D eigenvalue weighted by atomic mass is 10.1. The normalized spacial score (nSPS) is 10.9. The molecule has 0 radical (unpaired) electrons. The average Bonchev–Trinajstić information content (AvgIpc) is 2.64. The van der Waals surface area contributed by atoms with Gasteiger partial charge >= 0.3 is 0 Å². The van der Waals surface area contributed by atoms with Gasteiger partial charge in [0, 0.05) is 15.1 Å². The highest BCUT2D eigenvalue weighted by atomic mass is 79.9. The molecule has 0 atom stereocenters. The van der Waals surface area contributed by atoms with Crippen LogP contribution in [0.1, 0.15) is 21.6 Å². The Bertz CT molecular complexity index is 954. The number of halogens is 2. The molecule has 2 aromatic carbocycles. The van der Waals surface area contributed by atoms with Gasteiger partial charge in [-0.15, -0.1) is 0 Å². The van der Waals surface area contributed by atoms with Crippen LogP contribution in [0.25, 0.3) is 11.3 Å².